The van der Waals surface area contributed by atoms with Crippen molar-refractivity contribution in [1.29, 1.82) is 0 Å². The summed E-state index contributed by atoms with van der Waals surface area (Å²) in [5.41, 5.74) is 1.66. The first-order chi connectivity index (χ1) is 14.9. The second-order valence-corrected chi connectivity index (χ2v) is 7.95. The van der Waals surface area contributed by atoms with Gasteiger partial charge >= 0.3 is 0 Å². The first-order valence-electron chi connectivity index (χ1n) is 10.2. The number of nitrogens with zero attached hydrogens (tertiary/aromatic N) is 4. The van der Waals surface area contributed by atoms with E-state index in [1.807, 2.05) is 32.0 Å². The van der Waals surface area contributed by atoms with Crippen molar-refractivity contribution in [3.63, 3.8) is 0 Å². The van der Waals surface area contributed by atoms with Gasteiger partial charge in [0.1, 0.15) is 11.9 Å². The summed E-state index contributed by atoms with van der Waals surface area (Å²) >= 11 is 0. The fraction of sp³-hybridized carbons (Fsp3) is 0.318. The van der Waals surface area contributed by atoms with Gasteiger partial charge in [0, 0.05) is 16.8 Å². The summed E-state index contributed by atoms with van der Waals surface area (Å²) in [6, 6.07) is 12.0. The third-order valence-electron chi connectivity index (χ3n) is 5.12. The van der Waals surface area contributed by atoms with E-state index in [0.717, 1.165) is 18.4 Å². The molecule has 0 saturated heterocycles. The molecule has 31 heavy (non-hydrogen) atoms. The maximum atomic E-state index is 13.1. The number of anilines is 1. The summed E-state index contributed by atoms with van der Waals surface area (Å²) in [6.07, 6.45) is 2.11. The molecule has 8 nitrogen and oxygen atoms in total. The maximum absolute atomic E-state index is 13.1. The lowest BCUT2D eigenvalue weighted by Crippen LogP contribution is -2.47. The topological polar surface area (TPSA) is 102 Å². The van der Waals surface area contributed by atoms with Gasteiger partial charge in [-0.3, -0.25) is 9.59 Å². The van der Waals surface area contributed by atoms with Crippen molar-refractivity contribution in [1.82, 2.24) is 25.5 Å². The minimum absolute atomic E-state index is 0.158. The van der Waals surface area contributed by atoms with Crippen molar-refractivity contribution >= 4 is 17.5 Å². The molecule has 1 fully saturated rings. The van der Waals surface area contributed by atoms with Crippen molar-refractivity contribution in [2.75, 3.05) is 5.32 Å². The van der Waals surface area contributed by atoms with Gasteiger partial charge in [-0.25, -0.2) is 9.07 Å². The van der Waals surface area contributed by atoms with Gasteiger partial charge in [0.05, 0.1) is 6.04 Å². The van der Waals surface area contributed by atoms with E-state index in [1.165, 1.54) is 24.3 Å². The van der Waals surface area contributed by atoms with E-state index < -0.39 is 17.8 Å². The first kappa shape index (κ1) is 20.6. The molecule has 0 bridgehead atoms. The van der Waals surface area contributed by atoms with Crippen LogP contribution in [0.3, 0.4) is 0 Å². The fourth-order valence-electron chi connectivity index (χ4n) is 3.27. The van der Waals surface area contributed by atoms with Crippen LogP contribution >= 0.6 is 0 Å². The van der Waals surface area contributed by atoms with E-state index >= 15 is 0 Å². The Hall–Kier alpha value is -3.62. The molecule has 3 aromatic rings. The van der Waals surface area contributed by atoms with Crippen LogP contribution in [0.1, 0.15) is 43.1 Å². The van der Waals surface area contributed by atoms with Crippen LogP contribution in [0.4, 0.5) is 10.1 Å². The SMILES string of the molecule is CC(C)[C@@H](NC(=O)c1ccc(F)cc1)C(=O)Nc1cccc(-c2nnnn2C2CC2)c1. The summed E-state index contributed by atoms with van der Waals surface area (Å²) in [4.78, 5) is 25.4. The lowest BCUT2D eigenvalue weighted by atomic mass is 10.0. The highest BCUT2D eigenvalue weighted by atomic mass is 19.1. The lowest BCUT2D eigenvalue weighted by Gasteiger charge is -2.22. The van der Waals surface area contributed by atoms with Gasteiger partial charge in [0.15, 0.2) is 5.82 Å². The largest absolute Gasteiger partial charge is 0.340 e. The van der Waals surface area contributed by atoms with Crippen LogP contribution in [0.5, 0.6) is 0 Å². The van der Waals surface area contributed by atoms with Crippen molar-refractivity contribution < 1.29 is 14.0 Å². The molecular weight excluding hydrogens is 399 g/mol. The average molecular weight is 422 g/mol. The summed E-state index contributed by atoms with van der Waals surface area (Å²) in [5, 5.41) is 17.6. The number of amides is 2. The molecule has 1 atom stereocenters. The number of tetrazole rings is 1. The number of hydrogen-bond donors (Lipinski definition) is 2. The predicted molar refractivity (Wildman–Crippen MR) is 113 cm³/mol. The molecule has 1 saturated carbocycles. The number of carbonyl (C=O) groups excluding carboxylic acids is 2. The Bertz CT molecular complexity index is 1090. The van der Waals surface area contributed by atoms with Gasteiger partial charge in [-0.15, -0.1) is 5.10 Å². The molecule has 1 heterocycles. The van der Waals surface area contributed by atoms with Crippen LogP contribution < -0.4 is 10.6 Å². The van der Waals surface area contributed by atoms with Crippen molar-refractivity contribution in [2.24, 2.45) is 5.92 Å². The number of aromatic nitrogens is 4. The number of halogens is 1. The van der Waals surface area contributed by atoms with E-state index in [0.29, 0.717) is 17.6 Å². The molecule has 1 aliphatic rings. The third kappa shape index (κ3) is 4.76. The maximum Gasteiger partial charge on any atom is 0.251 e. The van der Waals surface area contributed by atoms with Crippen LogP contribution in [0.15, 0.2) is 48.5 Å². The molecule has 0 spiro atoms. The van der Waals surface area contributed by atoms with Gasteiger partial charge < -0.3 is 10.6 Å². The summed E-state index contributed by atoms with van der Waals surface area (Å²) in [5.74, 6) is -0.712. The number of nitrogens with one attached hydrogen (secondary N) is 2. The van der Waals surface area contributed by atoms with Crippen LogP contribution in [-0.4, -0.2) is 38.1 Å². The Morgan fingerprint density at radius 3 is 2.55 bits per heavy atom. The van der Waals surface area contributed by atoms with Crippen LogP contribution in [0.25, 0.3) is 11.4 Å². The first-order valence-corrected chi connectivity index (χ1v) is 10.2. The molecule has 0 aliphatic heterocycles. The molecule has 1 aliphatic carbocycles. The average Bonchev–Trinajstić information content (AvgIpc) is 3.48. The molecule has 0 radical (unpaired) electrons. The fourth-order valence-corrected chi connectivity index (χ4v) is 3.27. The van der Waals surface area contributed by atoms with Crippen LogP contribution in [0.2, 0.25) is 0 Å². The van der Waals surface area contributed by atoms with Crippen molar-refractivity contribution in [3.05, 3.63) is 59.9 Å². The van der Waals surface area contributed by atoms with E-state index in [4.69, 9.17) is 0 Å². The van der Waals surface area contributed by atoms with E-state index in [2.05, 4.69) is 26.2 Å². The molecule has 2 aromatic carbocycles. The van der Waals surface area contributed by atoms with Crippen molar-refractivity contribution in [2.45, 2.75) is 38.8 Å². The standard InChI is InChI=1S/C22H23FN6O2/c1-13(2)19(25-21(30)14-6-8-16(23)9-7-14)22(31)24-17-5-3-4-15(12-17)20-26-27-28-29(20)18-10-11-18/h3-9,12-13,18-19H,10-11H2,1-2H3,(H,24,31)(H,25,30)/t19-/m1/s1. The Morgan fingerprint density at radius 1 is 1.13 bits per heavy atom. The molecule has 2 N–H and O–H groups in total. The van der Waals surface area contributed by atoms with Crippen LogP contribution in [-0.2, 0) is 4.79 Å². The highest BCUT2D eigenvalue weighted by Gasteiger charge is 2.28. The summed E-state index contributed by atoms with van der Waals surface area (Å²) in [7, 11) is 0. The summed E-state index contributed by atoms with van der Waals surface area (Å²) < 4.78 is 14.9. The van der Waals surface area contributed by atoms with Gasteiger partial charge in [-0.1, -0.05) is 26.0 Å². The highest BCUT2D eigenvalue weighted by molar-refractivity contribution is 6.01. The van der Waals surface area contributed by atoms with E-state index in [1.54, 1.807) is 10.7 Å². The zero-order valence-electron chi connectivity index (χ0n) is 17.2. The number of carbonyl (C=O) groups is 2. The van der Waals surface area contributed by atoms with Gasteiger partial charge in [0.2, 0.25) is 5.91 Å². The Balaban J connectivity index is 1.48. The van der Waals surface area contributed by atoms with Crippen molar-refractivity contribution in [3.8, 4) is 11.4 Å². The number of hydrogen-bond acceptors (Lipinski definition) is 5. The predicted octanol–water partition coefficient (Wildman–Crippen LogP) is 3.21. The Labute approximate surface area is 178 Å². The molecule has 0 unspecified atom stereocenters. The smallest absolute Gasteiger partial charge is 0.251 e. The van der Waals surface area contributed by atoms with Gasteiger partial charge in [-0.2, -0.15) is 0 Å². The molecular formula is C22H23FN6O2. The van der Waals surface area contributed by atoms with E-state index in [9.17, 15) is 14.0 Å². The molecule has 2 amide bonds. The summed E-state index contributed by atoms with van der Waals surface area (Å²) in [6.45, 7) is 3.69. The molecule has 1 aromatic heterocycles. The normalized spacial score (nSPS) is 14.3. The minimum Gasteiger partial charge on any atom is -0.340 e. The molecule has 9 heteroatoms. The number of benzene rings is 2. The zero-order valence-corrected chi connectivity index (χ0v) is 17.2. The van der Waals surface area contributed by atoms with E-state index in [-0.39, 0.29) is 17.4 Å². The van der Waals surface area contributed by atoms with Crippen LogP contribution in [0, 0.1) is 11.7 Å². The third-order valence-corrected chi connectivity index (χ3v) is 5.12. The second-order valence-electron chi connectivity index (χ2n) is 7.95. The number of rotatable bonds is 7. The molecule has 4 rings (SSSR count). The lowest BCUT2D eigenvalue weighted by molar-refractivity contribution is -0.118. The highest BCUT2D eigenvalue weighted by Crippen LogP contribution is 2.36. The quantitative estimate of drug-likeness (QED) is 0.609. The van der Waals surface area contributed by atoms with Gasteiger partial charge in [-0.05, 0) is 65.6 Å². The monoisotopic (exact) mass is 422 g/mol. The Kier molecular flexibility index (Phi) is 5.75. The minimum atomic E-state index is -0.766. The second kappa shape index (κ2) is 8.63. The Morgan fingerprint density at radius 2 is 1.87 bits per heavy atom. The zero-order chi connectivity index (χ0) is 22.0. The molecule has 160 valence electrons. The van der Waals surface area contributed by atoms with Gasteiger partial charge in [0.25, 0.3) is 5.91 Å².